The Kier molecular flexibility index (Phi) is 7.36. The molecule has 2 aromatic rings. The Morgan fingerprint density at radius 3 is 2.61 bits per heavy atom. The Balaban J connectivity index is 2.05. The number of benzene rings is 2. The molecule has 2 aromatic carbocycles. The van der Waals surface area contributed by atoms with E-state index in [1.54, 1.807) is 0 Å². The molecule has 0 aromatic heterocycles. The molecule has 7 nitrogen and oxygen atoms in total. The number of amides is 1. The summed E-state index contributed by atoms with van der Waals surface area (Å²) in [6, 6.07) is 8.03. The number of ether oxygens (including phenoxy) is 1. The van der Waals surface area contributed by atoms with Crippen LogP contribution < -0.4 is 10.2 Å². The summed E-state index contributed by atoms with van der Waals surface area (Å²) in [6.45, 7) is -0.520. The van der Waals surface area contributed by atoms with E-state index in [1.807, 2.05) is 0 Å². The number of hydrazone groups is 1. The lowest BCUT2D eigenvalue weighted by Gasteiger charge is -2.16. The highest BCUT2D eigenvalue weighted by Gasteiger charge is 2.24. The lowest BCUT2D eigenvalue weighted by Crippen LogP contribution is -2.36. The molecule has 0 spiro atoms. The van der Waals surface area contributed by atoms with Gasteiger partial charge in [-0.1, -0.05) is 29.3 Å². The number of hydrogen-bond acceptors (Lipinski definition) is 5. The van der Waals surface area contributed by atoms with E-state index < -0.39 is 28.3 Å². The Morgan fingerprint density at radius 2 is 2.00 bits per heavy atom. The van der Waals surface area contributed by atoms with Crippen LogP contribution in [-0.4, -0.2) is 45.5 Å². The molecule has 11 heteroatoms. The normalized spacial score (nSPS) is 11.8. The molecule has 0 radical (unpaired) electrons. The Labute approximate surface area is 171 Å². The van der Waals surface area contributed by atoms with Gasteiger partial charge >= 0.3 is 0 Å². The van der Waals surface area contributed by atoms with E-state index in [0.29, 0.717) is 5.75 Å². The van der Waals surface area contributed by atoms with Crippen LogP contribution in [0, 0.1) is 5.82 Å². The number of sulfonamides is 1. The predicted molar refractivity (Wildman–Crippen MR) is 105 cm³/mol. The van der Waals surface area contributed by atoms with Gasteiger partial charge in [-0.3, -0.25) is 4.79 Å². The highest BCUT2D eigenvalue weighted by atomic mass is 35.5. The van der Waals surface area contributed by atoms with Crippen molar-refractivity contribution in [1.82, 2.24) is 9.73 Å². The van der Waals surface area contributed by atoms with Crippen molar-refractivity contribution in [1.29, 1.82) is 0 Å². The van der Waals surface area contributed by atoms with Crippen LogP contribution in [0.5, 0.6) is 5.75 Å². The van der Waals surface area contributed by atoms with Crippen molar-refractivity contribution in [2.45, 2.75) is 4.90 Å². The standard InChI is InChI=1S/C17H16Cl2FN3O4S/c1-23(28(25,26)11-6-7-16(27-2)14(19)8-11)10-17(24)22-21-9-12-13(18)4-3-5-15(12)20/h3-9H,10H2,1-2H3,(H,22,24). The van der Waals surface area contributed by atoms with E-state index in [-0.39, 0.29) is 20.5 Å². The number of methoxy groups -OCH3 is 1. The smallest absolute Gasteiger partial charge is 0.255 e. The molecule has 0 atom stereocenters. The van der Waals surface area contributed by atoms with Crippen molar-refractivity contribution >= 4 is 45.3 Å². The molecule has 28 heavy (non-hydrogen) atoms. The first-order chi connectivity index (χ1) is 13.2. The molecule has 2 rings (SSSR count). The largest absolute Gasteiger partial charge is 0.495 e. The zero-order valence-corrected chi connectivity index (χ0v) is 17.1. The summed E-state index contributed by atoms with van der Waals surface area (Å²) in [4.78, 5) is 11.9. The molecule has 0 heterocycles. The number of carbonyl (C=O) groups excluding carboxylic acids is 1. The van der Waals surface area contributed by atoms with Crippen LogP contribution in [0.25, 0.3) is 0 Å². The lowest BCUT2D eigenvalue weighted by atomic mass is 10.2. The first kappa shape index (κ1) is 22.1. The van der Waals surface area contributed by atoms with Crippen molar-refractivity contribution in [3.8, 4) is 5.75 Å². The topological polar surface area (TPSA) is 88.1 Å². The van der Waals surface area contributed by atoms with Gasteiger partial charge in [0.05, 0.1) is 34.8 Å². The minimum atomic E-state index is -3.97. The molecule has 1 N–H and O–H groups in total. The third-order valence-corrected chi connectivity index (χ3v) is 6.00. The average molecular weight is 448 g/mol. The van der Waals surface area contributed by atoms with Crippen molar-refractivity contribution in [3.63, 3.8) is 0 Å². The average Bonchev–Trinajstić information content (AvgIpc) is 2.64. The van der Waals surface area contributed by atoms with Crippen molar-refractivity contribution in [2.75, 3.05) is 20.7 Å². The number of nitrogens with zero attached hydrogens (tertiary/aromatic N) is 2. The van der Waals surface area contributed by atoms with E-state index >= 15 is 0 Å². The van der Waals surface area contributed by atoms with Crippen molar-refractivity contribution in [3.05, 3.63) is 57.8 Å². The van der Waals surface area contributed by atoms with Gasteiger partial charge in [0.1, 0.15) is 11.6 Å². The molecule has 0 saturated carbocycles. The first-order valence-corrected chi connectivity index (χ1v) is 9.92. The van der Waals surface area contributed by atoms with Crippen LogP contribution in [-0.2, 0) is 14.8 Å². The van der Waals surface area contributed by atoms with Crippen molar-refractivity contribution in [2.24, 2.45) is 5.10 Å². The summed E-state index contributed by atoms with van der Waals surface area (Å²) in [5.74, 6) is -1.02. The second-order valence-corrected chi connectivity index (χ2v) is 8.35. The maximum atomic E-state index is 13.6. The van der Waals surface area contributed by atoms with Gasteiger partial charge in [-0.15, -0.1) is 0 Å². The van der Waals surface area contributed by atoms with E-state index in [2.05, 4.69) is 10.5 Å². The summed E-state index contributed by atoms with van der Waals surface area (Å²) in [5, 5.41) is 3.84. The third-order valence-electron chi connectivity index (χ3n) is 3.58. The van der Waals surface area contributed by atoms with E-state index in [1.165, 1.54) is 50.6 Å². The molecule has 150 valence electrons. The Hall–Kier alpha value is -2.20. The monoisotopic (exact) mass is 447 g/mol. The molecule has 0 aliphatic heterocycles. The second kappa shape index (κ2) is 9.33. The minimum Gasteiger partial charge on any atom is -0.495 e. The first-order valence-electron chi connectivity index (χ1n) is 7.72. The van der Waals surface area contributed by atoms with Gasteiger partial charge < -0.3 is 4.74 Å². The van der Waals surface area contributed by atoms with E-state index in [4.69, 9.17) is 27.9 Å². The molecule has 0 fully saturated rings. The third kappa shape index (κ3) is 5.20. The highest BCUT2D eigenvalue weighted by Crippen LogP contribution is 2.28. The summed E-state index contributed by atoms with van der Waals surface area (Å²) < 4.78 is 44.5. The minimum absolute atomic E-state index is 0.00156. The maximum absolute atomic E-state index is 13.6. The number of rotatable bonds is 7. The molecule has 0 aliphatic carbocycles. The van der Waals surface area contributed by atoms with Gasteiger partial charge in [-0.05, 0) is 30.3 Å². The van der Waals surface area contributed by atoms with Gasteiger partial charge in [0.15, 0.2) is 0 Å². The number of hydrogen-bond donors (Lipinski definition) is 1. The summed E-state index contributed by atoms with van der Waals surface area (Å²) in [5.41, 5.74) is 2.12. The van der Waals surface area contributed by atoms with E-state index in [9.17, 15) is 17.6 Å². The molecule has 0 bridgehead atoms. The zero-order valence-electron chi connectivity index (χ0n) is 14.8. The van der Waals surface area contributed by atoms with Gasteiger partial charge in [0.2, 0.25) is 10.0 Å². The molecular weight excluding hydrogens is 432 g/mol. The number of likely N-dealkylation sites (N-methyl/N-ethyl adjacent to an activating group) is 1. The molecule has 0 unspecified atom stereocenters. The van der Waals surface area contributed by atoms with Gasteiger partial charge in [0, 0.05) is 12.6 Å². The lowest BCUT2D eigenvalue weighted by molar-refractivity contribution is -0.121. The predicted octanol–water partition coefficient (Wildman–Crippen LogP) is 2.91. The summed E-state index contributed by atoms with van der Waals surface area (Å²) in [6.07, 6.45) is 1.04. The fraction of sp³-hybridized carbons (Fsp3) is 0.176. The maximum Gasteiger partial charge on any atom is 0.255 e. The van der Waals surface area contributed by atoms with Crippen LogP contribution >= 0.6 is 23.2 Å². The fourth-order valence-corrected chi connectivity index (χ4v) is 3.80. The quantitative estimate of drug-likeness (QED) is 0.521. The van der Waals surface area contributed by atoms with Crippen LogP contribution in [0.1, 0.15) is 5.56 Å². The molecule has 1 amide bonds. The number of halogens is 3. The Morgan fingerprint density at radius 1 is 1.29 bits per heavy atom. The number of nitrogens with one attached hydrogen (secondary N) is 1. The van der Waals surface area contributed by atoms with Crippen LogP contribution in [0.2, 0.25) is 10.0 Å². The SMILES string of the molecule is COc1ccc(S(=O)(=O)N(C)CC(=O)NN=Cc2c(F)cccc2Cl)cc1Cl. The zero-order chi connectivity index (χ0) is 20.9. The molecular formula is C17H16Cl2FN3O4S. The van der Waals surface area contributed by atoms with Gasteiger partial charge in [0.25, 0.3) is 5.91 Å². The summed E-state index contributed by atoms with van der Waals surface area (Å²) in [7, 11) is -1.34. The van der Waals surface area contributed by atoms with Crippen molar-refractivity contribution < 1.29 is 22.3 Å². The number of carbonyl (C=O) groups is 1. The van der Waals surface area contributed by atoms with Gasteiger partial charge in [-0.2, -0.15) is 9.41 Å². The summed E-state index contributed by atoms with van der Waals surface area (Å²) >= 11 is 11.8. The van der Waals surface area contributed by atoms with E-state index in [0.717, 1.165) is 10.5 Å². The molecule has 0 saturated heterocycles. The highest BCUT2D eigenvalue weighted by molar-refractivity contribution is 7.89. The second-order valence-electron chi connectivity index (χ2n) is 5.49. The fourth-order valence-electron chi connectivity index (χ4n) is 2.11. The van der Waals surface area contributed by atoms with Crippen LogP contribution in [0.4, 0.5) is 4.39 Å². The molecule has 0 aliphatic rings. The van der Waals surface area contributed by atoms with Crippen LogP contribution in [0.3, 0.4) is 0 Å². The van der Waals surface area contributed by atoms with Crippen LogP contribution in [0.15, 0.2) is 46.4 Å². The van der Waals surface area contributed by atoms with Gasteiger partial charge in [-0.25, -0.2) is 18.2 Å². The Bertz CT molecular complexity index is 995.